The van der Waals surface area contributed by atoms with Gasteiger partial charge in [-0.25, -0.2) is 8.78 Å². The van der Waals surface area contributed by atoms with E-state index in [1.54, 1.807) is 15.9 Å². The SMILES string of the molecule is C[C@H]1CN(C(=O)C(N)Cc2ccccc2Cl)CCN1C(=O)[C@@H]1CN(C(C)(C)C)C[C@H]1c1ccc(F)cc1F. The Labute approximate surface area is 228 Å². The van der Waals surface area contributed by atoms with Crippen LogP contribution in [0, 0.1) is 17.6 Å². The number of carbonyl (C=O) groups excluding carboxylic acids is 2. The third-order valence-corrected chi connectivity index (χ3v) is 8.25. The minimum absolute atomic E-state index is 0.0644. The summed E-state index contributed by atoms with van der Waals surface area (Å²) in [4.78, 5) is 32.7. The first-order valence-electron chi connectivity index (χ1n) is 13.1. The zero-order valence-corrected chi connectivity index (χ0v) is 23.2. The van der Waals surface area contributed by atoms with Crippen molar-refractivity contribution in [2.45, 2.75) is 57.7 Å². The van der Waals surface area contributed by atoms with Crippen LogP contribution >= 0.6 is 11.6 Å². The molecule has 0 aromatic heterocycles. The molecule has 2 amide bonds. The normalized spacial score (nSPS) is 23.5. The van der Waals surface area contributed by atoms with Gasteiger partial charge in [-0.05, 0) is 57.4 Å². The fourth-order valence-corrected chi connectivity index (χ4v) is 5.85. The van der Waals surface area contributed by atoms with Crippen molar-refractivity contribution < 1.29 is 18.4 Å². The Morgan fingerprint density at radius 2 is 1.79 bits per heavy atom. The highest BCUT2D eigenvalue weighted by Crippen LogP contribution is 2.39. The second kappa shape index (κ2) is 11.3. The van der Waals surface area contributed by atoms with Gasteiger partial charge in [0.05, 0.1) is 12.0 Å². The van der Waals surface area contributed by atoms with Crippen molar-refractivity contribution in [1.82, 2.24) is 14.7 Å². The van der Waals surface area contributed by atoms with Crippen LogP contribution in [0.1, 0.15) is 44.7 Å². The van der Waals surface area contributed by atoms with E-state index in [-0.39, 0.29) is 23.4 Å². The standard InChI is InChI=1S/C29H37ClF2N4O2/c1-18-15-34(28(38)26(33)13-19-7-5-6-8-24(19)30)11-12-36(18)27(37)23-17-35(29(2,3)4)16-22(23)21-10-9-20(31)14-25(21)32/h5-10,14,18,22-23,26H,11-13,15-17,33H2,1-4H3/t18-,22-,23+,26?/m0/s1. The molecule has 206 valence electrons. The Hall–Kier alpha value is -2.55. The van der Waals surface area contributed by atoms with Crippen LogP contribution in [0.25, 0.3) is 0 Å². The van der Waals surface area contributed by atoms with E-state index in [1.807, 2.05) is 25.1 Å². The highest BCUT2D eigenvalue weighted by Gasteiger charge is 2.45. The molecule has 2 aromatic carbocycles. The Morgan fingerprint density at radius 1 is 1.08 bits per heavy atom. The summed E-state index contributed by atoms with van der Waals surface area (Å²) in [6, 6.07) is 9.96. The number of nitrogens with zero attached hydrogens (tertiary/aromatic N) is 3. The maximum absolute atomic E-state index is 14.8. The van der Waals surface area contributed by atoms with Crippen LogP contribution in [-0.4, -0.2) is 76.9 Å². The predicted octanol–water partition coefficient (Wildman–Crippen LogP) is 4.06. The number of halogens is 3. The molecule has 2 aliphatic rings. The number of benzene rings is 2. The summed E-state index contributed by atoms with van der Waals surface area (Å²) >= 11 is 6.24. The first-order valence-corrected chi connectivity index (χ1v) is 13.5. The zero-order valence-electron chi connectivity index (χ0n) is 22.5. The third-order valence-electron chi connectivity index (χ3n) is 7.88. The van der Waals surface area contributed by atoms with Gasteiger partial charge in [-0.2, -0.15) is 0 Å². The van der Waals surface area contributed by atoms with E-state index >= 15 is 0 Å². The lowest BCUT2D eigenvalue weighted by Gasteiger charge is -2.42. The van der Waals surface area contributed by atoms with Gasteiger partial charge >= 0.3 is 0 Å². The maximum atomic E-state index is 14.8. The lowest BCUT2D eigenvalue weighted by molar-refractivity contribution is -0.145. The van der Waals surface area contributed by atoms with Crippen LogP contribution in [0.15, 0.2) is 42.5 Å². The van der Waals surface area contributed by atoms with E-state index < -0.39 is 29.5 Å². The minimum atomic E-state index is -0.731. The zero-order chi connectivity index (χ0) is 27.8. The third kappa shape index (κ3) is 6.03. The molecule has 0 saturated carbocycles. The van der Waals surface area contributed by atoms with Crippen molar-refractivity contribution >= 4 is 23.4 Å². The van der Waals surface area contributed by atoms with E-state index in [0.29, 0.717) is 49.7 Å². The number of amides is 2. The number of piperazine rings is 1. The largest absolute Gasteiger partial charge is 0.338 e. The van der Waals surface area contributed by atoms with Gasteiger partial charge in [0.2, 0.25) is 11.8 Å². The number of hydrogen-bond donors (Lipinski definition) is 1. The van der Waals surface area contributed by atoms with E-state index in [9.17, 15) is 18.4 Å². The van der Waals surface area contributed by atoms with Crippen molar-refractivity contribution in [3.05, 3.63) is 70.2 Å². The Kier molecular flexibility index (Phi) is 8.45. The molecule has 2 fully saturated rings. The summed E-state index contributed by atoms with van der Waals surface area (Å²) in [5.41, 5.74) is 7.23. The van der Waals surface area contributed by atoms with Gasteiger partial charge in [0.1, 0.15) is 11.6 Å². The fourth-order valence-electron chi connectivity index (χ4n) is 5.64. The summed E-state index contributed by atoms with van der Waals surface area (Å²) in [5, 5.41) is 0.576. The van der Waals surface area contributed by atoms with Crippen LogP contribution in [-0.2, 0) is 16.0 Å². The van der Waals surface area contributed by atoms with E-state index in [0.717, 1.165) is 11.6 Å². The molecular weight excluding hydrogens is 510 g/mol. The Bertz CT molecular complexity index is 1190. The monoisotopic (exact) mass is 546 g/mol. The molecule has 9 heteroatoms. The average Bonchev–Trinajstić information content (AvgIpc) is 3.30. The first kappa shape index (κ1) is 28.5. The highest BCUT2D eigenvalue weighted by atomic mass is 35.5. The molecule has 2 N–H and O–H groups in total. The maximum Gasteiger partial charge on any atom is 0.239 e. The van der Waals surface area contributed by atoms with Crippen molar-refractivity contribution in [1.29, 1.82) is 0 Å². The lowest BCUT2D eigenvalue weighted by Crippen LogP contribution is -2.59. The van der Waals surface area contributed by atoms with E-state index in [1.165, 1.54) is 12.1 Å². The van der Waals surface area contributed by atoms with Gasteiger partial charge in [0.25, 0.3) is 0 Å². The molecule has 4 rings (SSSR count). The van der Waals surface area contributed by atoms with E-state index in [2.05, 4.69) is 25.7 Å². The van der Waals surface area contributed by atoms with Gasteiger partial charge < -0.3 is 15.5 Å². The molecule has 2 heterocycles. The van der Waals surface area contributed by atoms with Crippen LogP contribution in [0.5, 0.6) is 0 Å². The van der Waals surface area contributed by atoms with Gasteiger partial charge in [0, 0.05) is 61.3 Å². The smallest absolute Gasteiger partial charge is 0.239 e. The molecule has 2 saturated heterocycles. The number of nitrogens with two attached hydrogens (primary N) is 1. The van der Waals surface area contributed by atoms with Crippen LogP contribution < -0.4 is 5.73 Å². The highest BCUT2D eigenvalue weighted by molar-refractivity contribution is 6.31. The first-order chi connectivity index (χ1) is 17.9. The van der Waals surface area contributed by atoms with Gasteiger partial charge in [0.15, 0.2) is 0 Å². The number of hydrogen-bond acceptors (Lipinski definition) is 4. The number of likely N-dealkylation sites (tertiary alicyclic amines) is 1. The summed E-state index contributed by atoms with van der Waals surface area (Å²) < 4.78 is 28.5. The average molecular weight is 547 g/mol. The molecule has 0 spiro atoms. The van der Waals surface area contributed by atoms with Gasteiger partial charge in [-0.1, -0.05) is 35.9 Å². The molecule has 4 atom stereocenters. The summed E-state index contributed by atoms with van der Waals surface area (Å²) in [7, 11) is 0. The predicted molar refractivity (Wildman–Crippen MR) is 145 cm³/mol. The molecular formula is C29H37ClF2N4O2. The molecule has 6 nitrogen and oxygen atoms in total. The molecule has 2 aromatic rings. The molecule has 0 aliphatic carbocycles. The second-order valence-electron chi connectivity index (χ2n) is 11.5. The van der Waals surface area contributed by atoms with Crippen LogP contribution in [0.3, 0.4) is 0 Å². The lowest BCUT2D eigenvalue weighted by atomic mass is 9.87. The van der Waals surface area contributed by atoms with Crippen LogP contribution in [0.4, 0.5) is 8.78 Å². The molecule has 38 heavy (non-hydrogen) atoms. The van der Waals surface area contributed by atoms with Gasteiger partial charge in [-0.3, -0.25) is 14.5 Å². The fraction of sp³-hybridized carbons (Fsp3) is 0.517. The van der Waals surface area contributed by atoms with Crippen molar-refractivity contribution in [2.75, 3.05) is 32.7 Å². The molecule has 1 unspecified atom stereocenters. The van der Waals surface area contributed by atoms with Crippen molar-refractivity contribution in [3.63, 3.8) is 0 Å². The minimum Gasteiger partial charge on any atom is -0.338 e. The molecule has 2 aliphatic heterocycles. The van der Waals surface area contributed by atoms with Crippen LogP contribution in [0.2, 0.25) is 5.02 Å². The number of rotatable bonds is 5. The topological polar surface area (TPSA) is 69.9 Å². The second-order valence-corrected chi connectivity index (χ2v) is 11.9. The molecule has 0 bridgehead atoms. The summed E-state index contributed by atoms with van der Waals surface area (Å²) in [5.74, 6) is -2.36. The van der Waals surface area contributed by atoms with Gasteiger partial charge in [-0.15, -0.1) is 0 Å². The Balaban J connectivity index is 1.46. The number of carbonyl (C=O) groups is 2. The van der Waals surface area contributed by atoms with Crippen molar-refractivity contribution in [2.24, 2.45) is 11.7 Å². The Morgan fingerprint density at radius 3 is 2.42 bits per heavy atom. The quantitative estimate of drug-likeness (QED) is 0.614. The summed E-state index contributed by atoms with van der Waals surface area (Å²) in [6.45, 7) is 10.2. The molecule has 0 radical (unpaired) electrons. The summed E-state index contributed by atoms with van der Waals surface area (Å²) in [6.07, 6.45) is 0.335. The van der Waals surface area contributed by atoms with Crippen molar-refractivity contribution in [3.8, 4) is 0 Å². The van der Waals surface area contributed by atoms with E-state index in [4.69, 9.17) is 17.3 Å².